The van der Waals surface area contributed by atoms with Gasteiger partial charge in [0.1, 0.15) is 5.75 Å². The minimum atomic E-state index is -4.04. The van der Waals surface area contributed by atoms with Gasteiger partial charge < -0.3 is 14.9 Å². The van der Waals surface area contributed by atoms with E-state index in [2.05, 4.69) is 0 Å². The Labute approximate surface area is 147 Å². The number of phenolic OH excluding ortho intramolecular Hbond substituents is 2. The summed E-state index contributed by atoms with van der Waals surface area (Å²) in [4.78, 5) is 0. The van der Waals surface area contributed by atoms with Crippen molar-refractivity contribution >= 4 is 0 Å². The fourth-order valence-electron chi connectivity index (χ4n) is 3.09. The molecule has 0 aromatic heterocycles. The number of alkyl halides is 3. The molecule has 1 aromatic rings. The van der Waals surface area contributed by atoms with Crippen molar-refractivity contribution in [2.24, 2.45) is 0 Å². The maximum Gasteiger partial charge on any atom is 0.389 e. The molecule has 0 bridgehead atoms. The smallest absolute Gasteiger partial charge is 0.389 e. The Bertz CT molecular complexity index is 554. The van der Waals surface area contributed by atoms with Gasteiger partial charge in [-0.1, -0.05) is 32.1 Å². The van der Waals surface area contributed by atoms with Crippen LogP contribution in [0, 0.1) is 13.8 Å². The summed E-state index contributed by atoms with van der Waals surface area (Å²) in [7, 11) is 1.46. The maximum atomic E-state index is 12.0. The summed E-state index contributed by atoms with van der Waals surface area (Å²) in [5.74, 6) is 0.541. The number of aromatic hydroxyl groups is 2. The first kappa shape index (κ1) is 21.5. The Kier molecular flexibility index (Phi) is 8.39. The van der Waals surface area contributed by atoms with Gasteiger partial charge in [0, 0.05) is 17.5 Å². The summed E-state index contributed by atoms with van der Waals surface area (Å²) in [5, 5.41) is 20.4. The lowest BCUT2D eigenvalue weighted by molar-refractivity contribution is -0.135. The van der Waals surface area contributed by atoms with E-state index in [1.165, 1.54) is 7.11 Å². The van der Waals surface area contributed by atoms with Crippen molar-refractivity contribution in [3.8, 4) is 17.2 Å². The lowest BCUT2D eigenvalue weighted by Gasteiger charge is -2.16. The van der Waals surface area contributed by atoms with E-state index in [4.69, 9.17) is 4.74 Å². The third-order valence-corrected chi connectivity index (χ3v) is 4.60. The molecule has 0 saturated heterocycles. The average molecular weight is 362 g/mol. The van der Waals surface area contributed by atoms with E-state index in [-0.39, 0.29) is 17.9 Å². The van der Waals surface area contributed by atoms with Gasteiger partial charge in [-0.2, -0.15) is 13.2 Å². The molecule has 0 aliphatic rings. The summed E-state index contributed by atoms with van der Waals surface area (Å²) >= 11 is 0. The van der Waals surface area contributed by atoms with E-state index in [9.17, 15) is 23.4 Å². The molecule has 6 heteroatoms. The molecule has 0 saturated carbocycles. The van der Waals surface area contributed by atoms with Crippen molar-refractivity contribution in [1.82, 2.24) is 0 Å². The topological polar surface area (TPSA) is 49.7 Å². The molecule has 0 amide bonds. The van der Waals surface area contributed by atoms with Crippen molar-refractivity contribution in [3.05, 3.63) is 16.7 Å². The first-order chi connectivity index (χ1) is 11.7. The standard InChI is InChI=1S/C19H29F3O3/c1-13-15(17(24)18(25-3)14(2)16(13)23)11-9-7-5-4-6-8-10-12-19(20,21)22/h23-24H,4-12H2,1-3H3. The molecule has 0 unspecified atom stereocenters. The van der Waals surface area contributed by atoms with Crippen molar-refractivity contribution < 1.29 is 28.1 Å². The molecule has 0 radical (unpaired) electrons. The Morgan fingerprint density at radius 3 is 1.84 bits per heavy atom. The second-order valence-electron chi connectivity index (χ2n) is 6.55. The molecule has 0 atom stereocenters. The summed E-state index contributed by atoms with van der Waals surface area (Å²) < 4.78 is 41.2. The van der Waals surface area contributed by atoms with Crippen molar-refractivity contribution in [1.29, 1.82) is 0 Å². The monoisotopic (exact) mass is 362 g/mol. The van der Waals surface area contributed by atoms with Gasteiger partial charge in [-0.25, -0.2) is 0 Å². The first-order valence-electron chi connectivity index (χ1n) is 8.83. The van der Waals surface area contributed by atoms with Crippen LogP contribution in [0.1, 0.15) is 68.1 Å². The third-order valence-electron chi connectivity index (χ3n) is 4.60. The van der Waals surface area contributed by atoms with E-state index < -0.39 is 12.6 Å². The zero-order valence-electron chi connectivity index (χ0n) is 15.3. The number of hydrogen-bond donors (Lipinski definition) is 2. The zero-order valence-corrected chi connectivity index (χ0v) is 15.3. The van der Waals surface area contributed by atoms with Gasteiger partial charge in [0.05, 0.1) is 7.11 Å². The molecule has 0 spiro atoms. The molecule has 3 nitrogen and oxygen atoms in total. The highest BCUT2D eigenvalue weighted by atomic mass is 19.4. The fraction of sp³-hybridized carbons (Fsp3) is 0.684. The van der Waals surface area contributed by atoms with Crippen LogP contribution < -0.4 is 4.74 Å². The fourth-order valence-corrected chi connectivity index (χ4v) is 3.09. The highest BCUT2D eigenvalue weighted by molar-refractivity contribution is 5.61. The second kappa shape index (κ2) is 9.78. The molecule has 25 heavy (non-hydrogen) atoms. The third kappa shape index (κ3) is 6.67. The summed E-state index contributed by atoms with van der Waals surface area (Å²) in [6, 6.07) is 0. The number of rotatable bonds is 10. The lowest BCUT2D eigenvalue weighted by Crippen LogP contribution is -2.06. The molecular weight excluding hydrogens is 333 g/mol. The normalized spacial score (nSPS) is 11.8. The minimum absolute atomic E-state index is 0.0856. The van der Waals surface area contributed by atoms with E-state index >= 15 is 0 Å². The van der Waals surface area contributed by atoms with Gasteiger partial charge in [-0.05, 0) is 38.7 Å². The molecule has 1 aromatic carbocycles. The van der Waals surface area contributed by atoms with Gasteiger partial charge in [0.2, 0.25) is 0 Å². The van der Waals surface area contributed by atoms with Gasteiger partial charge in [-0.15, -0.1) is 0 Å². The van der Waals surface area contributed by atoms with Crippen LogP contribution in [0.15, 0.2) is 0 Å². The Morgan fingerprint density at radius 1 is 0.800 bits per heavy atom. The van der Waals surface area contributed by atoms with Gasteiger partial charge >= 0.3 is 6.18 Å². The highest BCUT2D eigenvalue weighted by Gasteiger charge is 2.25. The van der Waals surface area contributed by atoms with Crippen LogP contribution in [-0.4, -0.2) is 23.5 Å². The van der Waals surface area contributed by atoms with Crippen LogP contribution in [0.4, 0.5) is 13.2 Å². The predicted octanol–water partition coefficient (Wildman–Crippen LogP) is 5.95. The number of phenols is 2. The second-order valence-corrected chi connectivity index (χ2v) is 6.55. The van der Waals surface area contributed by atoms with Gasteiger partial charge in [0.25, 0.3) is 0 Å². The molecule has 144 valence electrons. The Hall–Kier alpha value is -1.59. The van der Waals surface area contributed by atoms with E-state index in [1.54, 1.807) is 13.8 Å². The van der Waals surface area contributed by atoms with Gasteiger partial charge in [0.15, 0.2) is 11.5 Å². The maximum absolute atomic E-state index is 12.0. The zero-order chi connectivity index (χ0) is 19.0. The van der Waals surface area contributed by atoms with Crippen molar-refractivity contribution in [2.75, 3.05) is 7.11 Å². The highest BCUT2D eigenvalue weighted by Crippen LogP contribution is 2.42. The van der Waals surface area contributed by atoms with Crippen LogP contribution in [0.2, 0.25) is 0 Å². The average Bonchev–Trinajstić information content (AvgIpc) is 2.53. The first-order valence-corrected chi connectivity index (χ1v) is 8.83. The number of unbranched alkanes of at least 4 members (excludes halogenated alkanes) is 6. The van der Waals surface area contributed by atoms with Crippen molar-refractivity contribution in [2.45, 2.75) is 77.8 Å². The van der Waals surface area contributed by atoms with E-state index in [0.29, 0.717) is 35.3 Å². The molecule has 0 fully saturated rings. The largest absolute Gasteiger partial charge is 0.507 e. The Morgan fingerprint density at radius 2 is 1.32 bits per heavy atom. The molecule has 0 aliphatic carbocycles. The summed E-state index contributed by atoms with van der Waals surface area (Å²) in [5.41, 5.74) is 1.90. The molecule has 2 N–H and O–H groups in total. The van der Waals surface area contributed by atoms with Crippen LogP contribution in [0.5, 0.6) is 17.2 Å². The molecular formula is C19H29F3O3. The summed E-state index contributed by atoms with van der Waals surface area (Å²) in [6.07, 6.45) is 1.21. The predicted molar refractivity (Wildman–Crippen MR) is 92.5 cm³/mol. The van der Waals surface area contributed by atoms with Gasteiger partial charge in [-0.3, -0.25) is 0 Å². The van der Waals surface area contributed by atoms with E-state index in [0.717, 1.165) is 32.1 Å². The van der Waals surface area contributed by atoms with Crippen LogP contribution in [0.25, 0.3) is 0 Å². The van der Waals surface area contributed by atoms with Crippen molar-refractivity contribution in [3.63, 3.8) is 0 Å². The van der Waals surface area contributed by atoms with Crippen LogP contribution in [0.3, 0.4) is 0 Å². The van der Waals surface area contributed by atoms with Crippen LogP contribution >= 0.6 is 0 Å². The summed E-state index contributed by atoms with van der Waals surface area (Å²) in [6.45, 7) is 3.47. The number of benzene rings is 1. The molecule has 0 heterocycles. The lowest BCUT2D eigenvalue weighted by atomic mass is 9.96. The molecule has 0 aliphatic heterocycles. The SMILES string of the molecule is COc1c(C)c(O)c(C)c(CCCCCCCCCC(F)(F)F)c1O. The number of ether oxygens (including phenoxy) is 1. The van der Waals surface area contributed by atoms with Crippen LogP contribution in [-0.2, 0) is 6.42 Å². The minimum Gasteiger partial charge on any atom is -0.507 e. The van der Waals surface area contributed by atoms with E-state index in [1.807, 2.05) is 0 Å². The Balaban J connectivity index is 2.34. The molecule has 1 rings (SSSR count). The quantitative estimate of drug-likeness (QED) is 0.399. The number of halogens is 3. The number of methoxy groups -OCH3 is 1. The number of hydrogen-bond acceptors (Lipinski definition) is 3.